The highest BCUT2D eigenvalue weighted by Gasteiger charge is 2.24. The maximum atomic E-state index is 12.9. The van der Waals surface area contributed by atoms with Crippen molar-refractivity contribution in [2.24, 2.45) is 5.92 Å². The van der Waals surface area contributed by atoms with Crippen LogP contribution in [0, 0.1) is 11.7 Å². The van der Waals surface area contributed by atoms with E-state index in [0.29, 0.717) is 0 Å². The summed E-state index contributed by atoms with van der Waals surface area (Å²) in [5.41, 5.74) is 1.24. The van der Waals surface area contributed by atoms with Crippen molar-refractivity contribution in [3.63, 3.8) is 0 Å². The Balaban J connectivity index is 1.35. The molecule has 24 heavy (non-hydrogen) atoms. The number of nitrogens with zero attached hydrogens (tertiary/aromatic N) is 2. The number of likely N-dealkylation sites (tertiary alicyclic amines) is 1. The Morgan fingerprint density at radius 2 is 1.75 bits per heavy atom. The molecule has 2 fully saturated rings. The van der Waals surface area contributed by atoms with E-state index in [0.717, 1.165) is 24.9 Å². The van der Waals surface area contributed by atoms with Crippen molar-refractivity contribution >= 4 is 11.8 Å². The molecule has 1 aromatic carbocycles. The van der Waals surface area contributed by atoms with E-state index in [-0.39, 0.29) is 5.82 Å². The van der Waals surface area contributed by atoms with Crippen LogP contribution < -0.4 is 0 Å². The molecule has 0 unspecified atom stereocenters. The first-order valence-electron chi connectivity index (χ1n) is 9.45. The van der Waals surface area contributed by atoms with Gasteiger partial charge < -0.3 is 9.80 Å². The second-order valence-electron chi connectivity index (χ2n) is 7.44. The molecule has 2 aliphatic heterocycles. The summed E-state index contributed by atoms with van der Waals surface area (Å²) < 4.78 is 12.9. The van der Waals surface area contributed by atoms with Gasteiger partial charge in [0.25, 0.3) is 0 Å². The lowest BCUT2D eigenvalue weighted by Gasteiger charge is -2.37. The molecule has 0 saturated carbocycles. The van der Waals surface area contributed by atoms with Gasteiger partial charge in [0.05, 0.1) is 0 Å². The Hall–Kier alpha value is -0.580. The third-order valence-electron chi connectivity index (χ3n) is 5.70. The van der Waals surface area contributed by atoms with Crippen LogP contribution >= 0.6 is 11.8 Å². The summed E-state index contributed by atoms with van der Waals surface area (Å²) in [7, 11) is 2.33. The number of halogens is 1. The molecule has 0 aliphatic carbocycles. The van der Waals surface area contributed by atoms with Gasteiger partial charge in [0, 0.05) is 19.1 Å². The predicted octanol–water partition coefficient (Wildman–Crippen LogP) is 3.91. The summed E-state index contributed by atoms with van der Waals surface area (Å²) in [6.45, 7) is 4.83. The maximum absolute atomic E-state index is 12.9. The molecule has 3 rings (SSSR count). The number of rotatable bonds is 6. The summed E-state index contributed by atoms with van der Waals surface area (Å²) >= 11 is 2.11. The Labute approximate surface area is 150 Å². The normalized spacial score (nSPS) is 21.5. The molecule has 4 heteroatoms. The van der Waals surface area contributed by atoms with Gasteiger partial charge in [-0.2, -0.15) is 11.8 Å². The molecule has 0 atom stereocenters. The zero-order valence-corrected chi connectivity index (χ0v) is 15.7. The SMILES string of the molecule is CN(CC1CCN(CCc2ccc(F)cc2)CC1)C1CCSCC1. The molecule has 0 amide bonds. The molecule has 2 heterocycles. The highest BCUT2D eigenvalue weighted by Crippen LogP contribution is 2.24. The highest BCUT2D eigenvalue weighted by molar-refractivity contribution is 7.99. The van der Waals surface area contributed by atoms with Gasteiger partial charge in [-0.1, -0.05) is 12.1 Å². The van der Waals surface area contributed by atoms with Gasteiger partial charge in [-0.25, -0.2) is 4.39 Å². The van der Waals surface area contributed by atoms with Crippen molar-refractivity contribution < 1.29 is 4.39 Å². The van der Waals surface area contributed by atoms with Crippen molar-refractivity contribution in [3.8, 4) is 0 Å². The standard InChI is InChI=1S/C20H31FN2S/c1-22(20-9-14-24-15-10-20)16-18-7-12-23(13-8-18)11-6-17-2-4-19(21)5-3-17/h2-5,18,20H,6-16H2,1H3. The fourth-order valence-corrected chi connectivity index (χ4v) is 5.09. The van der Waals surface area contributed by atoms with E-state index in [1.165, 1.54) is 62.4 Å². The van der Waals surface area contributed by atoms with Crippen molar-refractivity contribution in [2.75, 3.05) is 44.7 Å². The Morgan fingerprint density at radius 1 is 1.08 bits per heavy atom. The van der Waals surface area contributed by atoms with Crippen molar-refractivity contribution in [2.45, 2.75) is 38.1 Å². The maximum Gasteiger partial charge on any atom is 0.123 e. The quantitative estimate of drug-likeness (QED) is 0.768. The lowest BCUT2D eigenvalue weighted by molar-refractivity contribution is 0.132. The molecule has 0 spiro atoms. The van der Waals surface area contributed by atoms with Crippen molar-refractivity contribution in [1.82, 2.24) is 9.80 Å². The number of hydrogen-bond donors (Lipinski definition) is 0. The van der Waals surface area contributed by atoms with Crippen LogP contribution in [-0.4, -0.2) is 60.6 Å². The molecule has 1 aromatic rings. The first kappa shape index (κ1) is 18.2. The molecular weight excluding hydrogens is 319 g/mol. The lowest BCUT2D eigenvalue weighted by Crippen LogP contribution is -2.42. The summed E-state index contributed by atoms with van der Waals surface area (Å²) in [4.78, 5) is 5.22. The summed E-state index contributed by atoms with van der Waals surface area (Å²) in [5.74, 6) is 3.42. The fraction of sp³-hybridized carbons (Fsp3) is 0.700. The molecule has 0 radical (unpaired) electrons. The third kappa shape index (κ3) is 5.47. The van der Waals surface area contributed by atoms with Gasteiger partial charge in [-0.05, 0) is 87.4 Å². The van der Waals surface area contributed by atoms with Crippen LogP contribution in [0.15, 0.2) is 24.3 Å². The van der Waals surface area contributed by atoms with E-state index in [4.69, 9.17) is 0 Å². The highest BCUT2D eigenvalue weighted by atomic mass is 32.2. The summed E-state index contributed by atoms with van der Waals surface area (Å²) in [6, 6.07) is 7.80. The topological polar surface area (TPSA) is 6.48 Å². The van der Waals surface area contributed by atoms with Gasteiger partial charge in [0.2, 0.25) is 0 Å². The van der Waals surface area contributed by atoms with Crippen LogP contribution in [0.2, 0.25) is 0 Å². The summed E-state index contributed by atoms with van der Waals surface area (Å²) in [5, 5.41) is 0. The van der Waals surface area contributed by atoms with Gasteiger partial charge in [-0.15, -0.1) is 0 Å². The van der Waals surface area contributed by atoms with Crippen molar-refractivity contribution in [3.05, 3.63) is 35.6 Å². The first-order chi connectivity index (χ1) is 11.7. The molecule has 2 saturated heterocycles. The van der Waals surface area contributed by atoms with Crippen LogP contribution in [0.1, 0.15) is 31.2 Å². The zero-order valence-electron chi connectivity index (χ0n) is 14.9. The van der Waals surface area contributed by atoms with Crippen LogP contribution in [0.3, 0.4) is 0 Å². The molecule has 0 aromatic heterocycles. The van der Waals surface area contributed by atoms with E-state index >= 15 is 0 Å². The van der Waals surface area contributed by atoms with E-state index in [9.17, 15) is 4.39 Å². The first-order valence-corrected chi connectivity index (χ1v) is 10.6. The lowest BCUT2D eigenvalue weighted by atomic mass is 9.95. The molecule has 0 bridgehead atoms. The molecule has 0 N–H and O–H groups in total. The largest absolute Gasteiger partial charge is 0.303 e. The molecular formula is C20H31FN2S. The number of thioether (sulfide) groups is 1. The monoisotopic (exact) mass is 350 g/mol. The Kier molecular flexibility index (Phi) is 6.99. The van der Waals surface area contributed by atoms with Crippen LogP contribution in [0.25, 0.3) is 0 Å². The van der Waals surface area contributed by atoms with Gasteiger partial charge in [0.15, 0.2) is 0 Å². The van der Waals surface area contributed by atoms with Crippen LogP contribution in [0.4, 0.5) is 4.39 Å². The Morgan fingerprint density at radius 3 is 2.42 bits per heavy atom. The van der Waals surface area contributed by atoms with Gasteiger partial charge in [-0.3, -0.25) is 0 Å². The summed E-state index contributed by atoms with van der Waals surface area (Å²) in [6.07, 6.45) is 6.43. The van der Waals surface area contributed by atoms with E-state index in [2.05, 4.69) is 28.6 Å². The number of benzene rings is 1. The van der Waals surface area contributed by atoms with E-state index in [1.54, 1.807) is 12.1 Å². The smallest absolute Gasteiger partial charge is 0.123 e. The average Bonchev–Trinajstić information content (AvgIpc) is 2.63. The second kappa shape index (κ2) is 9.21. The average molecular weight is 351 g/mol. The minimum atomic E-state index is -0.139. The molecule has 2 nitrogen and oxygen atoms in total. The number of hydrogen-bond acceptors (Lipinski definition) is 3. The molecule has 134 valence electrons. The fourth-order valence-electron chi connectivity index (χ4n) is 4.01. The van der Waals surface area contributed by atoms with E-state index < -0.39 is 0 Å². The predicted molar refractivity (Wildman–Crippen MR) is 102 cm³/mol. The van der Waals surface area contributed by atoms with Crippen LogP contribution in [-0.2, 0) is 6.42 Å². The minimum absolute atomic E-state index is 0.139. The van der Waals surface area contributed by atoms with Gasteiger partial charge in [0.1, 0.15) is 5.82 Å². The zero-order chi connectivity index (χ0) is 16.8. The van der Waals surface area contributed by atoms with Gasteiger partial charge >= 0.3 is 0 Å². The minimum Gasteiger partial charge on any atom is -0.303 e. The second-order valence-corrected chi connectivity index (χ2v) is 8.67. The third-order valence-corrected chi connectivity index (χ3v) is 6.75. The molecule has 2 aliphatic rings. The number of piperidine rings is 1. The Bertz CT molecular complexity index is 479. The van der Waals surface area contributed by atoms with Crippen molar-refractivity contribution in [1.29, 1.82) is 0 Å². The van der Waals surface area contributed by atoms with E-state index in [1.807, 2.05) is 12.1 Å². The van der Waals surface area contributed by atoms with Crippen LogP contribution in [0.5, 0.6) is 0 Å².